The minimum Gasteiger partial charge on any atom is -0.375 e. The van der Waals surface area contributed by atoms with Crippen molar-refractivity contribution in [2.45, 2.75) is 37.9 Å². The van der Waals surface area contributed by atoms with Crippen molar-refractivity contribution in [2.75, 3.05) is 13.2 Å². The minimum absolute atomic E-state index is 0.0394. The van der Waals surface area contributed by atoms with E-state index in [0.29, 0.717) is 13.0 Å². The van der Waals surface area contributed by atoms with Crippen molar-refractivity contribution < 1.29 is 14.3 Å². The first kappa shape index (κ1) is 8.20. The van der Waals surface area contributed by atoms with Crippen molar-refractivity contribution >= 4 is 5.78 Å². The molecule has 0 aromatic heterocycles. The van der Waals surface area contributed by atoms with Crippen LogP contribution in [0.25, 0.3) is 0 Å². The third kappa shape index (κ3) is 0.930. The second-order valence-corrected chi connectivity index (χ2v) is 3.41. The summed E-state index contributed by atoms with van der Waals surface area (Å²) in [5.74, 6) is 0.235. The molecular weight excluding hydrogens is 156 g/mol. The van der Waals surface area contributed by atoms with Gasteiger partial charge in [0.2, 0.25) is 0 Å². The SMILES string of the molecule is CCO[C@@H]1CC(=O)[C@]12CCCO2. The number of ketones is 1. The van der Waals surface area contributed by atoms with Gasteiger partial charge in [0.05, 0.1) is 0 Å². The molecule has 2 atom stereocenters. The van der Waals surface area contributed by atoms with Crippen LogP contribution in [0.1, 0.15) is 26.2 Å². The van der Waals surface area contributed by atoms with Crippen LogP contribution in [-0.4, -0.2) is 30.7 Å². The Labute approximate surface area is 72.0 Å². The van der Waals surface area contributed by atoms with Gasteiger partial charge in [-0.3, -0.25) is 4.79 Å². The van der Waals surface area contributed by atoms with E-state index in [2.05, 4.69) is 0 Å². The third-order valence-corrected chi connectivity index (χ3v) is 2.78. The molecule has 0 bridgehead atoms. The zero-order chi connectivity index (χ0) is 8.60. The molecule has 0 radical (unpaired) electrons. The molecule has 0 aromatic rings. The Morgan fingerprint density at radius 1 is 1.75 bits per heavy atom. The van der Waals surface area contributed by atoms with E-state index in [9.17, 15) is 4.79 Å². The maximum Gasteiger partial charge on any atom is 0.170 e. The van der Waals surface area contributed by atoms with Gasteiger partial charge in [0, 0.05) is 19.6 Å². The van der Waals surface area contributed by atoms with Gasteiger partial charge in [-0.2, -0.15) is 0 Å². The van der Waals surface area contributed by atoms with Gasteiger partial charge in [-0.25, -0.2) is 0 Å². The third-order valence-electron chi connectivity index (χ3n) is 2.78. The van der Waals surface area contributed by atoms with Gasteiger partial charge >= 0.3 is 0 Å². The molecule has 1 heterocycles. The van der Waals surface area contributed by atoms with Gasteiger partial charge in [-0.1, -0.05) is 0 Å². The molecule has 3 nitrogen and oxygen atoms in total. The maximum absolute atomic E-state index is 11.3. The molecule has 12 heavy (non-hydrogen) atoms. The zero-order valence-corrected chi connectivity index (χ0v) is 7.34. The van der Waals surface area contributed by atoms with Crippen molar-refractivity contribution in [3.8, 4) is 0 Å². The number of carbonyl (C=O) groups excluding carboxylic acids is 1. The summed E-state index contributed by atoms with van der Waals surface area (Å²) in [5.41, 5.74) is -0.518. The lowest BCUT2D eigenvalue weighted by Gasteiger charge is -2.43. The lowest BCUT2D eigenvalue weighted by Crippen LogP contribution is -2.61. The number of hydrogen-bond donors (Lipinski definition) is 0. The van der Waals surface area contributed by atoms with E-state index in [1.165, 1.54) is 0 Å². The van der Waals surface area contributed by atoms with Crippen molar-refractivity contribution in [1.29, 1.82) is 0 Å². The van der Waals surface area contributed by atoms with E-state index in [0.717, 1.165) is 19.4 Å². The predicted octanol–water partition coefficient (Wildman–Crippen LogP) is 0.913. The van der Waals surface area contributed by atoms with Gasteiger partial charge in [0.15, 0.2) is 11.4 Å². The maximum atomic E-state index is 11.3. The average Bonchev–Trinajstić information content (AvgIpc) is 2.55. The highest BCUT2D eigenvalue weighted by Gasteiger charge is 2.58. The first-order valence-corrected chi connectivity index (χ1v) is 4.58. The number of Topliss-reactive ketones (excluding diaryl/α,β-unsaturated/α-hetero) is 1. The molecule has 1 aliphatic carbocycles. The Kier molecular flexibility index (Phi) is 1.93. The summed E-state index contributed by atoms with van der Waals surface area (Å²) >= 11 is 0. The number of hydrogen-bond acceptors (Lipinski definition) is 3. The van der Waals surface area contributed by atoms with Crippen LogP contribution in [-0.2, 0) is 14.3 Å². The summed E-state index contributed by atoms with van der Waals surface area (Å²) in [6.07, 6.45) is 2.44. The summed E-state index contributed by atoms with van der Waals surface area (Å²) < 4.78 is 10.9. The number of ether oxygens (including phenoxy) is 2. The molecule has 1 saturated carbocycles. The molecule has 0 amide bonds. The van der Waals surface area contributed by atoms with Crippen molar-refractivity contribution in [1.82, 2.24) is 0 Å². The fourth-order valence-corrected chi connectivity index (χ4v) is 2.08. The molecular formula is C9H14O3. The summed E-state index contributed by atoms with van der Waals surface area (Å²) in [7, 11) is 0. The van der Waals surface area contributed by atoms with E-state index in [1.54, 1.807) is 0 Å². The summed E-state index contributed by atoms with van der Waals surface area (Å²) in [4.78, 5) is 11.3. The standard InChI is InChI=1S/C9H14O3/c1-2-11-8-6-7(10)9(8)4-3-5-12-9/h8H,2-6H2,1H3/t8-,9-/m1/s1. The van der Waals surface area contributed by atoms with Crippen LogP contribution in [0.3, 0.4) is 0 Å². The Hall–Kier alpha value is -0.410. The van der Waals surface area contributed by atoms with E-state index in [4.69, 9.17) is 9.47 Å². The van der Waals surface area contributed by atoms with Crippen LogP contribution in [0.5, 0.6) is 0 Å². The Balaban J connectivity index is 2.05. The van der Waals surface area contributed by atoms with Gasteiger partial charge in [0.1, 0.15) is 6.10 Å². The molecule has 1 spiro atoms. The summed E-state index contributed by atoms with van der Waals surface area (Å²) in [5, 5.41) is 0. The molecule has 2 fully saturated rings. The van der Waals surface area contributed by atoms with Gasteiger partial charge < -0.3 is 9.47 Å². The van der Waals surface area contributed by atoms with Crippen LogP contribution in [0.4, 0.5) is 0 Å². The van der Waals surface area contributed by atoms with Crippen LogP contribution in [0.2, 0.25) is 0 Å². The largest absolute Gasteiger partial charge is 0.375 e. The van der Waals surface area contributed by atoms with Gasteiger partial charge in [-0.15, -0.1) is 0 Å². The van der Waals surface area contributed by atoms with E-state index >= 15 is 0 Å². The van der Waals surface area contributed by atoms with E-state index in [-0.39, 0.29) is 11.9 Å². The smallest absolute Gasteiger partial charge is 0.170 e. The normalized spacial score (nSPS) is 40.4. The first-order valence-electron chi connectivity index (χ1n) is 4.58. The number of rotatable bonds is 2. The molecule has 2 rings (SSSR count). The molecule has 0 unspecified atom stereocenters. The highest BCUT2D eigenvalue weighted by molar-refractivity contribution is 5.95. The molecule has 1 aliphatic heterocycles. The second-order valence-electron chi connectivity index (χ2n) is 3.41. The van der Waals surface area contributed by atoms with Crippen molar-refractivity contribution in [2.24, 2.45) is 0 Å². The molecule has 0 N–H and O–H groups in total. The minimum atomic E-state index is -0.518. The summed E-state index contributed by atoms with van der Waals surface area (Å²) in [6.45, 7) is 3.34. The fourth-order valence-electron chi connectivity index (χ4n) is 2.08. The Morgan fingerprint density at radius 3 is 3.08 bits per heavy atom. The molecule has 68 valence electrons. The van der Waals surface area contributed by atoms with Crippen LogP contribution in [0.15, 0.2) is 0 Å². The molecule has 1 saturated heterocycles. The highest BCUT2D eigenvalue weighted by Crippen LogP contribution is 2.42. The van der Waals surface area contributed by atoms with Gasteiger partial charge in [-0.05, 0) is 19.8 Å². The lowest BCUT2D eigenvalue weighted by molar-refractivity contribution is -0.187. The van der Waals surface area contributed by atoms with Crippen LogP contribution in [0, 0.1) is 0 Å². The lowest BCUT2D eigenvalue weighted by atomic mass is 9.73. The molecule has 3 heteroatoms. The second kappa shape index (κ2) is 2.82. The van der Waals surface area contributed by atoms with E-state index in [1.807, 2.05) is 6.92 Å². The molecule has 2 aliphatic rings. The summed E-state index contributed by atoms with van der Waals surface area (Å²) in [6, 6.07) is 0. The van der Waals surface area contributed by atoms with E-state index < -0.39 is 5.60 Å². The highest BCUT2D eigenvalue weighted by atomic mass is 16.6. The monoisotopic (exact) mass is 170 g/mol. The van der Waals surface area contributed by atoms with Crippen LogP contribution >= 0.6 is 0 Å². The zero-order valence-electron chi connectivity index (χ0n) is 7.34. The van der Waals surface area contributed by atoms with Crippen LogP contribution < -0.4 is 0 Å². The van der Waals surface area contributed by atoms with Crippen molar-refractivity contribution in [3.63, 3.8) is 0 Å². The average molecular weight is 170 g/mol. The van der Waals surface area contributed by atoms with Crippen molar-refractivity contribution in [3.05, 3.63) is 0 Å². The Morgan fingerprint density at radius 2 is 2.58 bits per heavy atom. The number of carbonyl (C=O) groups is 1. The topological polar surface area (TPSA) is 35.5 Å². The quantitative estimate of drug-likeness (QED) is 0.618. The first-order chi connectivity index (χ1) is 5.79. The molecule has 0 aromatic carbocycles. The fraction of sp³-hybridized carbons (Fsp3) is 0.889. The Bertz CT molecular complexity index is 194. The van der Waals surface area contributed by atoms with Gasteiger partial charge in [0.25, 0.3) is 0 Å². The predicted molar refractivity (Wildman–Crippen MR) is 43.0 cm³/mol.